The number of esters is 1. The van der Waals surface area contributed by atoms with Gasteiger partial charge in [-0.3, -0.25) is 0 Å². The minimum Gasteiger partial charge on any atom is -0.478 e. The predicted molar refractivity (Wildman–Crippen MR) is 77.5 cm³/mol. The van der Waals surface area contributed by atoms with E-state index in [-0.39, 0.29) is 24.2 Å². The summed E-state index contributed by atoms with van der Waals surface area (Å²) in [4.78, 5) is 22.3. The molecule has 0 spiro atoms. The fourth-order valence-corrected chi connectivity index (χ4v) is 1.50. The molecule has 1 aromatic carbocycles. The molecule has 0 fully saturated rings. The first-order valence-corrected chi connectivity index (χ1v) is 6.30. The van der Waals surface area contributed by atoms with Crippen molar-refractivity contribution in [2.75, 3.05) is 6.61 Å². The van der Waals surface area contributed by atoms with Gasteiger partial charge in [0.05, 0.1) is 6.61 Å². The largest absolute Gasteiger partial charge is 0.478 e. The topological polar surface area (TPSA) is 63.6 Å². The molecule has 0 aliphatic heterocycles. The average Bonchev–Trinajstić information content (AvgIpc) is 2.39. The highest BCUT2D eigenvalue weighted by molar-refractivity contribution is 6.30. The first kappa shape index (κ1) is 16.0. The van der Waals surface area contributed by atoms with Crippen molar-refractivity contribution in [2.24, 2.45) is 0 Å². The number of carboxylic acid groups (broad SMARTS) is 1. The first-order valence-electron chi connectivity index (χ1n) is 5.92. The summed E-state index contributed by atoms with van der Waals surface area (Å²) in [6, 6.07) is 6.78. The second kappa shape index (κ2) is 7.50. The Morgan fingerprint density at radius 3 is 2.45 bits per heavy atom. The minimum absolute atomic E-state index is 0.00256. The van der Waals surface area contributed by atoms with Crippen molar-refractivity contribution in [2.45, 2.75) is 13.3 Å². The zero-order valence-corrected chi connectivity index (χ0v) is 11.8. The quantitative estimate of drug-likeness (QED) is 0.646. The van der Waals surface area contributed by atoms with Gasteiger partial charge in [-0.25, -0.2) is 9.59 Å². The van der Waals surface area contributed by atoms with Crippen LogP contribution in [0.1, 0.15) is 18.9 Å². The zero-order valence-electron chi connectivity index (χ0n) is 11.1. The number of rotatable bonds is 6. The SMILES string of the molecule is C=C(C)C(=O)OCCC(=Cc1ccc(Cl)cc1)C(=O)O. The Kier molecular flexibility index (Phi) is 6.00. The van der Waals surface area contributed by atoms with Crippen LogP contribution in [0, 0.1) is 0 Å². The maximum atomic E-state index is 11.2. The summed E-state index contributed by atoms with van der Waals surface area (Å²) in [5, 5.41) is 9.69. The van der Waals surface area contributed by atoms with Crippen LogP contribution >= 0.6 is 11.6 Å². The number of aliphatic carboxylic acids is 1. The summed E-state index contributed by atoms with van der Waals surface area (Å²) in [6.45, 7) is 4.98. The number of ether oxygens (including phenoxy) is 1. The highest BCUT2D eigenvalue weighted by Gasteiger charge is 2.09. The third-order valence-corrected chi connectivity index (χ3v) is 2.69. The molecule has 5 heteroatoms. The van der Waals surface area contributed by atoms with Gasteiger partial charge in [-0.15, -0.1) is 0 Å². The molecule has 0 bridgehead atoms. The molecule has 0 atom stereocenters. The molecule has 0 aliphatic rings. The Bertz CT molecular complexity index is 543. The molecule has 106 valence electrons. The average molecular weight is 295 g/mol. The van der Waals surface area contributed by atoms with E-state index in [2.05, 4.69) is 6.58 Å². The number of carboxylic acids is 1. The van der Waals surface area contributed by atoms with Gasteiger partial charge in [-0.1, -0.05) is 30.3 Å². The highest BCUT2D eigenvalue weighted by Crippen LogP contribution is 2.14. The number of carbonyl (C=O) groups excluding carboxylic acids is 1. The molecule has 4 nitrogen and oxygen atoms in total. The van der Waals surface area contributed by atoms with Gasteiger partial charge in [0.1, 0.15) is 0 Å². The van der Waals surface area contributed by atoms with Crippen molar-refractivity contribution in [1.82, 2.24) is 0 Å². The molecule has 0 aliphatic carbocycles. The molecule has 0 radical (unpaired) electrons. The van der Waals surface area contributed by atoms with Crippen LogP contribution in [0.4, 0.5) is 0 Å². The molecule has 0 aromatic heterocycles. The Morgan fingerprint density at radius 1 is 1.35 bits per heavy atom. The van der Waals surface area contributed by atoms with Crippen molar-refractivity contribution in [1.29, 1.82) is 0 Å². The van der Waals surface area contributed by atoms with Crippen LogP contribution in [0.15, 0.2) is 42.0 Å². The lowest BCUT2D eigenvalue weighted by Crippen LogP contribution is -2.09. The third-order valence-electron chi connectivity index (χ3n) is 2.44. The molecule has 1 aromatic rings. The summed E-state index contributed by atoms with van der Waals surface area (Å²) in [7, 11) is 0. The minimum atomic E-state index is -1.05. The van der Waals surface area contributed by atoms with Crippen molar-refractivity contribution in [3.8, 4) is 0 Å². The molecule has 1 N–H and O–H groups in total. The van der Waals surface area contributed by atoms with Crippen LogP contribution in [0.3, 0.4) is 0 Å². The van der Waals surface area contributed by atoms with E-state index in [9.17, 15) is 9.59 Å². The van der Waals surface area contributed by atoms with E-state index in [0.717, 1.165) is 5.56 Å². The van der Waals surface area contributed by atoms with Crippen molar-refractivity contribution in [3.05, 3.63) is 52.6 Å². The third kappa shape index (κ3) is 5.28. The highest BCUT2D eigenvalue weighted by atomic mass is 35.5. The van der Waals surface area contributed by atoms with E-state index in [1.807, 2.05) is 0 Å². The summed E-state index contributed by atoms with van der Waals surface area (Å²) in [6.07, 6.45) is 1.64. The van der Waals surface area contributed by atoms with Crippen LogP contribution in [-0.4, -0.2) is 23.7 Å². The van der Waals surface area contributed by atoms with Gasteiger partial charge in [0.2, 0.25) is 0 Å². The summed E-state index contributed by atoms with van der Waals surface area (Å²) < 4.78 is 4.88. The number of hydrogen-bond acceptors (Lipinski definition) is 3. The molecular formula is C15H15ClO4. The van der Waals surface area contributed by atoms with Crippen LogP contribution in [0.2, 0.25) is 5.02 Å². The normalized spacial score (nSPS) is 11.0. The second-order valence-corrected chi connectivity index (χ2v) is 4.63. The Labute approximate surface area is 122 Å². The summed E-state index contributed by atoms with van der Waals surface area (Å²) in [5.41, 5.74) is 1.16. The van der Waals surface area contributed by atoms with Gasteiger partial charge < -0.3 is 9.84 Å². The molecule has 20 heavy (non-hydrogen) atoms. The van der Waals surface area contributed by atoms with Crippen molar-refractivity contribution >= 4 is 29.6 Å². The monoisotopic (exact) mass is 294 g/mol. The van der Waals surface area contributed by atoms with Gasteiger partial charge in [0.15, 0.2) is 0 Å². The maximum absolute atomic E-state index is 11.2. The fraction of sp³-hybridized carbons (Fsp3) is 0.200. The zero-order chi connectivity index (χ0) is 15.1. The van der Waals surface area contributed by atoms with E-state index in [0.29, 0.717) is 5.02 Å². The lowest BCUT2D eigenvalue weighted by atomic mass is 10.1. The van der Waals surface area contributed by atoms with Crippen LogP contribution < -0.4 is 0 Å². The molecule has 0 heterocycles. The fourth-order valence-electron chi connectivity index (χ4n) is 1.38. The van der Waals surface area contributed by atoms with E-state index < -0.39 is 11.9 Å². The van der Waals surface area contributed by atoms with Crippen LogP contribution in [0.25, 0.3) is 6.08 Å². The molecular weight excluding hydrogens is 280 g/mol. The second-order valence-electron chi connectivity index (χ2n) is 4.19. The Balaban J connectivity index is 2.70. The molecule has 0 saturated carbocycles. The number of carbonyl (C=O) groups is 2. The van der Waals surface area contributed by atoms with E-state index >= 15 is 0 Å². The lowest BCUT2D eigenvalue weighted by Gasteiger charge is -2.05. The van der Waals surface area contributed by atoms with Gasteiger partial charge >= 0.3 is 11.9 Å². The van der Waals surface area contributed by atoms with E-state index in [1.54, 1.807) is 24.3 Å². The Hall–Kier alpha value is -2.07. The van der Waals surface area contributed by atoms with Crippen molar-refractivity contribution < 1.29 is 19.4 Å². The van der Waals surface area contributed by atoms with Crippen LogP contribution in [0.5, 0.6) is 0 Å². The molecule has 0 saturated heterocycles. The van der Waals surface area contributed by atoms with Gasteiger partial charge in [0, 0.05) is 22.6 Å². The summed E-state index contributed by atoms with van der Waals surface area (Å²) in [5.74, 6) is -1.58. The van der Waals surface area contributed by atoms with Crippen molar-refractivity contribution in [3.63, 3.8) is 0 Å². The maximum Gasteiger partial charge on any atom is 0.333 e. The lowest BCUT2D eigenvalue weighted by molar-refractivity contribution is -0.139. The Morgan fingerprint density at radius 2 is 1.95 bits per heavy atom. The first-order chi connectivity index (χ1) is 9.40. The predicted octanol–water partition coefficient (Wildman–Crippen LogP) is 3.32. The summed E-state index contributed by atoms with van der Waals surface area (Å²) >= 11 is 5.76. The number of benzene rings is 1. The number of hydrogen-bond donors (Lipinski definition) is 1. The van der Waals surface area contributed by atoms with E-state index in [1.165, 1.54) is 13.0 Å². The van der Waals surface area contributed by atoms with E-state index in [4.69, 9.17) is 21.4 Å². The van der Waals surface area contributed by atoms with Crippen LogP contribution in [-0.2, 0) is 14.3 Å². The smallest absolute Gasteiger partial charge is 0.333 e. The number of halogens is 1. The molecule has 0 amide bonds. The van der Waals surface area contributed by atoms with Gasteiger partial charge in [-0.2, -0.15) is 0 Å². The molecule has 0 unspecified atom stereocenters. The molecule has 1 rings (SSSR count). The van der Waals surface area contributed by atoms with Gasteiger partial charge in [0.25, 0.3) is 0 Å². The van der Waals surface area contributed by atoms with Gasteiger partial charge in [-0.05, 0) is 30.7 Å². The standard InChI is InChI=1S/C15H15ClO4/c1-10(2)15(19)20-8-7-12(14(17)18)9-11-3-5-13(16)6-4-11/h3-6,9H,1,7-8H2,2H3,(H,17,18).